The van der Waals surface area contributed by atoms with Crippen LogP contribution in [0.3, 0.4) is 0 Å². The summed E-state index contributed by atoms with van der Waals surface area (Å²) in [5.74, 6) is 2.35. The summed E-state index contributed by atoms with van der Waals surface area (Å²) < 4.78 is 5.71. The maximum atomic E-state index is 5.71. The zero-order valence-electron chi connectivity index (χ0n) is 18.5. The van der Waals surface area contributed by atoms with E-state index in [1.54, 1.807) is 0 Å². The molecule has 1 unspecified atom stereocenters. The van der Waals surface area contributed by atoms with Gasteiger partial charge in [0.15, 0.2) is 5.82 Å². The van der Waals surface area contributed by atoms with Gasteiger partial charge in [-0.1, -0.05) is 18.2 Å². The highest BCUT2D eigenvalue weighted by atomic mass is 16.5. The molecule has 4 heterocycles. The van der Waals surface area contributed by atoms with Crippen molar-refractivity contribution in [3.05, 3.63) is 54.2 Å². The van der Waals surface area contributed by atoms with Crippen LogP contribution in [0.1, 0.15) is 31.2 Å². The second-order valence-corrected chi connectivity index (χ2v) is 9.05. The van der Waals surface area contributed by atoms with Crippen molar-refractivity contribution < 1.29 is 4.74 Å². The number of nitrogens with one attached hydrogen (secondary N) is 2. The van der Waals surface area contributed by atoms with Crippen molar-refractivity contribution in [2.24, 2.45) is 0 Å². The van der Waals surface area contributed by atoms with Gasteiger partial charge in [0.2, 0.25) is 0 Å². The molecule has 6 nitrogen and oxygen atoms in total. The van der Waals surface area contributed by atoms with Crippen molar-refractivity contribution in [3.8, 4) is 11.4 Å². The molecular formula is C26H29N5O. The van der Waals surface area contributed by atoms with Crippen LogP contribution in [0.5, 0.6) is 0 Å². The number of morpholine rings is 1. The molecule has 164 valence electrons. The number of nitrogens with zero attached hydrogens (tertiary/aromatic N) is 3. The Morgan fingerprint density at radius 2 is 2.06 bits per heavy atom. The number of benzene rings is 2. The third-order valence-corrected chi connectivity index (χ3v) is 6.94. The summed E-state index contributed by atoms with van der Waals surface area (Å²) in [7, 11) is 0. The molecule has 2 aromatic heterocycles. The van der Waals surface area contributed by atoms with Crippen LogP contribution < -0.4 is 10.2 Å². The van der Waals surface area contributed by atoms with Gasteiger partial charge in [-0.3, -0.25) is 0 Å². The third kappa shape index (κ3) is 3.44. The van der Waals surface area contributed by atoms with Crippen LogP contribution in [-0.2, 0) is 4.74 Å². The second-order valence-electron chi connectivity index (χ2n) is 9.05. The van der Waals surface area contributed by atoms with Gasteiger partial charge < -0.3 is 19.9 Å². The first-order valence-electron chi connectivity index (χ1n) is 11.7. The average Bonchev–Trinajstić information content (AvgIpc) is 3.33. The lowest BCUT2D eigenvalue weighted by molar-refractivity contribution is 0.0987. The van der Waals surface area contributed by atoms with E-state index in [0.29, 0.717) is 5.92 Å². The molecule has 32 heavy (non-hydrogen) atoms. The van der Waals surface area contributed by atoms with E-state index >= 15 is 0 Å². The number of rotatable bonds is 3. The van der Waals surface area contributed by atoms with Gasteiger partial charge in [0, 0.05) is 41.1 Å². The van der Waals surface area contributed by atoms with Gasteiger partial charge in [-0.2, -0.15) is 0 Å². The summed E-state index contributed by atoms with van der Waals surface area (Å²) in [4.78, 5) is 16.0. The highest BCUT2D eigenvalue weighted by Gasteiger charge is 2.25. The Morgan fingerprint density at radius 3 is 2.94 bits per heavy atom. The number of anilines is 1. The molecule has 2 aromatic carbocycles. The van der Waals surface area contributed by atoms with E-state index in [9.17, 15) is 0 Å². The quantitative estimate of drug-likeness (QED) is 0.505. The van der Waals surface area contributed by atoms with Gasteiger partial charge in [0.05, 0.1) is 24.8 Å². The number of hydrogen-bond acceptors (Lipinski definition) is 5. The normalized spacial score (nSPS) is 22.0. The molecule has 6 heteroatoms. The zero-order valence-corrected chi connectivity index (χ0v) is 18.5. The van der Waals surface area contributed by atoms with Crippen LogP contribution in [0.2, 0.25) is 0 Å². The van der Waals surface area contributed by atoms with Crippen LogP contribution in [0.15, 0.2) is 48.7 Å². The average molecular weight is 428 g/mol. The Bertz CT molecular complexity index is 1260. The second kappa shape index (κ2) is 8.19. The van der Waals surface area contributed by atoms with E-state index in [1.807, 2.05) is 6.20 Å². The maximum absolute atomic E-state index is 5.71. The number of fused-ring (bicyclic) bond motifs is 2. The van der Waals surface area contributed by atoms with Gasteiger partial charge in [-0.05, 0) is 62.1 Å². The first-order valence-corrected chi connectivity index (χ1v) is 11.7. The lowest BCUT2D eigenvalue weighted by Gasteiger charge is -2.35. The summed E-state index contributed by atoms with van der Waals surface area (Å²) in [5, 5.41) is 5.82. The van der Waals surface area contributed by atoms with Gasteiger partial charge in [-0.25, -0.2) is 9.97 Å². The topological polar surface area (TPSA) is 66.1 Å². The fraction of sp³-hybridized carbons (Fsp3) is 0.385. The van der Waals surface area contributed by atoms with Gasteiger partial charge in [0.1, 0.15) is 5.82 Å². The zero-order chi connectivity index (χ0) is 21.5. The Labute approximate surface area is 188 Å². The minimum absolute atomic E-state index is 0.278. The van der Waals surface area contributed by atoms with Crippen molar-refractivity contribution in [1.82, 2.24) is 20.3 Å². The van der Waals surface area contributed by atoms with Crippen molar-refractivity contribution in [1.29, 1.82) is 0 Å². The Balaban J connectivity index is 1.54. The van der Waals surface area contributed by atoms with E-state index in [4.69, 9.17) is 14.7 Å². The lowest BCUT2D eigenvalue weighted by Crippen LogP contribution is -2.44. The van der Waals surface area contributed by atoms with Crippen LogP contribution in [-0.4, -0.2) is 53.8 Å². The molecule has 0 aliphatic carbocycles. The monoisotopic (exact) mass is 427 g/mol. The Kier molecular flexibility index (Phi) is 5.04. The predicted molar refractivity (Wildman–Crippen MR) is 129 cm³/mol. The first kappa shape index (κ1) is 19.7. The molecule has 2 saturated heterocycles. The number of ether oxygens (including phenoxy) is 1. The molecule has 0 amide bonds. The summed E-state index contributed by atoms with van der Waals surface area (Å²) in [6, 6.07) is 15.5. The molecule has 2 aliphatic heterocycles. The highest BCUT2D eigenvalue weighted by Crippen LogP contribution is 2.34. The first-order chi connectivity index (χ1) is 15.8. The molecular weight excluding hydrogens is 398 g/mol. The Hall–Kier alpha value is -2.96. The molecule has 0 spiro atoms. The SMILES string of the molecule is C[C@@H]1COCCN1c1nc(-c2cccc3[nH]ccc23)nc2cc(C3CCCNC3)ccc12. The maximum Gasteiger partial charge on any atom is 0.162 e. The third-order valence-electron chi connectivity index (χ3n) is 6.94. The molecule has 2 N–H and O–H groups in total. The van der Waals surface area contributed by atoms with Gasteiger partial charge in [-0.15, -0.1) is 0 Å². The summed E-state index contributed by atoms with van der Waals surface area (Å²) >= 11 is 0. The largest absolute Gasteiger partial charge is 0.377 e. The number of aromatic amines is 1. The molecule has 2 atom stereocenters. The molecule has 0 bridgehead atoms. The van der Waals surface area contributed by atoms with Crippen molar-refractivity contribution in [2.75, 3.05) is 37.7 Å². The lowest BCUT2D eigenvalue weighted by atomic mass is 9.91. The standard InChI is InChI=1S/C26H29N5O/c1-17-16-32-13-12-31(17)26-22-8-7-18(19-4-3-10-27-15-19)14-24(22)29-25(30-26)21-5-2-6-23-20(21)9-11-28-23/h2,5-9,11,14,17,19,27-28H,3-4,10,12-13,15-16H2,1H3/t17-,19?/m1/s1. The fourth-order valence-electron chi connectivity index (χ4n) is 5.18. The fourth-order valence-corrected chi connectivity index (χ4v) is 5.18. The molecule has 6 rings (SSSR count). The van der Waals surface area contributed by atoms with Crippen molar-refractivity contribution >= 4 is 27.6 Å². The van der Waals surface area contributed by atoms with E-state index in [1.165, 1.54) is 18.4 Å². The van der Waals surface area contributed by atoms with Crippen molar-refractivity contribution in [3.63, 3.8) is 0 Å². The Morgan fingerprint density at radius 1 is 1.09 bits per heavy atom. The predicted octanol–water partition coefficient (Wildman–Crippen LogP) is 4.47. The minimum atomic E-state index is 0.278. The van der Waals surface area contributed by atoms with Gasteiger partial charge >= 0.3 is 0 Å². The smallest absolute Gasteiger partial charge is 0.162 e. The molecule has 4 aromatic rings. The van der Waals surface area contributed by atoms with E-state index in [0.717, 1.165) is 71.9 Å². The van der Waals surface area contributed by atoms with E-state index in [2.05, 4.69) is 64.6 Å². The van der Waals surface area contributed by atoms with E-state index < -0.39 is 0 Å². The molecule has 2 fully saturated rings. The number of aromatic nitrogens is 3. The number of hydrogen-bond donors (Lipinski definition) is 2. The summed E-state index contributed by atoms with van der Waals surface area (Å²) in [6.07, 6.45) is 4.44. The molecule has 0 saturated carbocycles. The van der Waals surface area contributed by atoms with Crippen molar-refractivity contribution in [2.45, 2.75) is 31.7 Å². The summed E-state index contributed by atoms with van der Waals surface area (Å²) in [5.41, 5.74) is 4.57. The summed E-state index contributed by atoms with van der Waals surface area (Å²) in [6.45, 7) is 6.66. The van der Waals surface area contributed by atoms with Crippen LogP contribution in [0.4, 0.5) is 5.82 Å². The van der Waals surface area contributed by atoms with Crippen LogP contribution in [0, 0.1) is 0 Å². The number of piperidine rings is 1. The molecule has 0 radical (unpaired) electrons. The number of H-pyrrole nitrogens is 1. The molecule has 2 aliphatic rings. The van der Waals surface area contributed by atoms with Crippen LogP contribution >= 0.6 is 0 Å². The minimum Gasteiger partial charge on any atom is -0.377 e. The van der Waals surface area contributed by atoms with Crippen LogP contribution in [0.25, 0.3) is 33.2 Å². The highest BCUT2D eigenvalue weighted by molar-refractivity contribution is 5.97. The van der Waals surface area contributed by atoms with E-state index in [-0.39, 0.29) is 6.04 Å². The van der Waals surface area contributed by atoms with Gasteiger partial charge in [0.25, 0.3) is 0 Å².